The molecule has 1 saturated heterocycles. The first-order valence-electron chi connectivity index (χ1n) is 9.99. The van der Waals surface area contributed by atoms with Gasteiger partial charge in [-0.05, 0) is 48.7 Å². The molecule has 0 radical (unpaired) electrons. The fraction of sp³-hybridized carbons (Fsp3) is 0.318. The fourth-order valence-electron chi connectivity index (χ4n) is 4.10. The molecule has 7 nitrogen and oxygen atoms in total. The van der Waals surface area contributed by atoms with Gasteiger partial charge in [0, 0.05) is 56.4 Å². The topological polar surface area (TPSA) is 70.0 Å². The molecule has 7 heteroatoms. The lowest BCUT2D eigenvalue weighted by atomic mass is 10.0. The Morgan fingerprint density at radius 1 is 1.03 bits per heavy atom. The molecule has 0 saturated carbocycles. The third-order valence-electron chi connectivity index (χ3n) is 5.73. The van der Waals surface area contributed by atoms with E-state index in [0.717, 1.165) is 42.1 Å². The molecule has 0 aliphatic carbocycles. The second-order valence-electron chi connectivity index (χ2n) is 7.77. The van der Waals surface area contributed by atoms with Gasteiger partial charge in [-0.2, -0.15) is 0 Å². The first-order valence-corrected chi connectivity index (χ1v) is 9.99. The van der Waals surface area contributed by atoms with Gasteiger partial charge in [-0.15, -0.1) is 0 Å². The van der Waals surface area contributed by atoms with Crippen LogP contribution in [-0.2, 0) is 11.2 Å². The number of anilines is 2. The van der Waals surface area contributed by atoms with E-state index in [1.807, 2.05) is 52.9 Å². The standard InChI is InChI=1S/C22H23N5O2/c1-15-2-6-20-23-19(14-27(20)13-15)22(29)26-10-8-25(9-11-26)17-4-5-18-16(12-17)3-7-21(28)24-18/h2,4-6,12-14H,3,7-11H2,1H3,(H,24,28). The first kappa shape index (κ1) is 17.7. The molecule has 2 aliphatic heterocycles. The van der Waals surface area contributed by atoms with Gasteiger partial charge < -0.3 is 19.5 Å². The highest BCUT2D eigenvalue weighted by Gasteiger charge is 2.25. The Bertz CT molecular complexity index is 1110. The fourth-order valence-corrected chi connectivity index (χ4v) is 4.10. The number of piperazine rings is 1. The van der Waals surface area contributed by atoms with Crippen molar-refractivity contribution >= 4 is 28.8 Å². The number of hydrogen-bond donors (Lipinski definition) is 1. The number of nitrogens with zero attached hydrogens (tertiary/aromatic N) is 4. The molecule has 29 heavy (non-hydrogen) atoms. The number of nitrogens with one attached hydrogen (secondary N) is 1. The van der Waals surface area contributed by atoms with E-state index in [1.54, 1.807) is 0 Å². The van der Waals surface area contributed by atoms with Crippen molar-refractivity contribution in [3.8, 4) is 0 Å². The average Bonchev–Trinajstić information content (AvgIpc) is 3.16. The van der Waals surface area contributed by atoms with Crippen LogP contribution in [0, 0.1) is 6.92 Å². The maximum Gasteiger partial charge on any atom is 0.274 e. The van der Waals surface area contributed by atoms with Crippen LogP contribution < -0.4 is 10.2 Å². The van der Waals surface area contributed by atoms with Crippen molar-refractivity contribution < 1.29 is 9.59 Å². The quantitative estimate of drug-likeness (QED) is 0.731. The van der Waals surface area contributed by atoms with Gasteiger partial charge in [0.1, 0.15) is 11.3 Å². The molecule has 2 amide bonds. The van der Waals surface area contributed by atoms with Crippen LogP contribution in [-0.4, -0.2) is 52.3 Å². The number of carbonyl (C=O) groups is 2. The molecule has 4 heterocycles. The molecule has 0 unspecified atom stereocenters. The van der Waals surface area contributed by atoms with Crippen LogP contribution in [0.3, 0.4) is 0 Å². The summed E-state index contributed by atoms with van der Waals surface area (Å²) in [5.74, 6) is 0.0682. The molecule has 1 aromatic carbocycles. The number of aryl methyl sites for hydroxylation is 2. The molecule has 0 spiro atoms. The number of fused-ring (bicyclic) bond motifs is 2. The Labute approximate surface area is 168 Å². The number of aromatic nitrogens is 2. The van der Waals surface area contributed by atoms with Crippen LogP contribution in [0.5, 0.6) is 0 Å². The summed E-state index contributed by atoms with van der Waals surface area (Å²) in [4.78, 5) is 33.1. The first-order chi connectivity index (χ1) is 14.1. The molecule has 1 fully saturated rings. The van der Waals surface area contributed by atoms with E-state index in [-0.39, 0.29) is 11.8 Å². The summed E-state index contributed by atoms with van der Waals surface area (Å²) in [6, 6.07) is 10.1. The molecule has 5 rings (SSSR count). The van der Waals surface area contributed by atoms with Crippen LogP contribution in [0.1, 0.15) is 28.0 Å². The summed E-state index contributed by atoms with van der Waals surface area (Å²) in [6.07, 6.45) is 5.11. The van der Waals surface area contributed by atoms with Crippen molar-refractivity contribution in [1.29, 1.82) is 0 Å². The van der Waals surface area contributed by atoms with Gasteiger partial charge in [-0.25, -0.2) is 4.98 Å². The van der Waals surface area contributed by atoms with Gasteiger partial charge in [-0.3, -0.25) is 9.59 Å². The van der Waals surface area contributed by atoms with E-state index in [9.17, 15) is 9.59 Å². The maximum absolute atomic E-state index is 12.9. The zero-order valence-electron chi connectivity index (χ0n) is 16.4. The largest absolute Gasteiger partial charge is 0.368 e. The van der Waals surface area contributed by atoms with Gasteiger partial charge in [0.25, 0.3) is 5.91 Å². The lowest BCUT2D eigenvalue weighted by molar-refractivity contribution is -0.116. The highest BCUT2D eigenvalue weighted by atomic mass is 16.2. The van der Waals surface area contributed by atoms with Crippen molar-refractivity contribution in [2.75, 3.05) is 36.4 Å². The van der Waals surface area contributed by atoms with Crippen LogP contribution in [0.4, 0.5) is 11.4 Å². The number of pyridine rings is 1. The third-order valence-corrected chi connectivity index (χ3v) is 5.73. The number of rotatable bonds is 2. The number of carbonyl (C=O) groups excluding carboxylic acids is 2. The van der Waals surface area contributed by atoms with Crippen molar-refractivity contribution in [2.24, 2.45) is 0 Å². The molecule has 2 aromatic heterocycles. The minimum absolute atomic E-state index is 0.0147. The normalized spacial score (nSPS) is 16.7. The minimum Gasteiger partial charge on any atom is -0.368 e. The zero-order valence-corrected chi connectivity index (χ0v) is 16.4. The van der Waals surface area contributed by atoms with E-state index in [0.29, 0.717) is 25.2 Å². The Morgan fingerprint density at radius 2 is 1.86 bits per heavy atom. The van der Waals surface area contributed by atoms with E-state index < -0.39 is 0 Å². The minimum atomic E-state index is -0.0147. The summed E-state index contributed by atoms with van der Waals surface area (Å²) in [7, 11) is 0. The van der Waals surface area contributed by atoms with E-state index >= 15 is 0 Å². The molecule has 148 valence electrons. The number of imidazole rings is 1. The van der Waals surface area contributed by atoms with E-state index in [4.69, 9.17) is 0 Å². The van der Waals surface area contributed by atoms with Gasteiger partial charge in [0.15, 0.2) is 0 Å². The lowest BCUT2D eigenvalue weighted by Gasteiger charge is -2.36. The second-order valence-corrected chi connectivity index (χ2v) is 7.77. The maximum atomic E-state index is 12.9. The summed E-state index contributed by atoms with van der Waals surface area (Å²) < 4.78 is 1.91. The van der Waals surface area contributed by atoms with E-state index in [1.165, 1.54) is 5.56 Å². The van der Waals surface area contributed by atoms with Crippen LogP contribution >= 0.6 is 0 Å². The highest BCUT2D eigenvalue weighted by Crippen LogP contribution is 2.28. The van der Waals surface area contributed by atoms with Crippen molar-refractivity contribution in [3.05, 3.63) is 59.5 Å². The molecule has 3 aromatic rings. The number of amides is 2. The summed E-state index contributed by atoms with van der Waals surface area (Å²) >= 11 is 0. The molecule has 0 bridgehead atoms. The molecular formula is C22H23N5O2. The monoisotopic (exact) mass is 389 g/mol. The summed E-state index contributed by atoms with van der Waals surface area (Å²) in [5, 5.41) is 2.93. The lowest BCUT2D eigenvalue weighted by Crippen LogP contribution is -2.49. The van der Waals surface area contributed by atoms with E-state index in [2.05, 4.69) is 21.3 Å². The Morgan fingerprint density at radius 3 is 2.69 bits per heavy atom. The van der Waals surface area contributed by atoms with Crippen molar-refractivity contribution in [2.45, 2.75) is 19.8 Å². The SMILES string of the molecule is Cc1ccc2nc(C(=O)N3CCN(c4ccc5c(c4)CCC(=O)N5)CC3)cn2c1. The summed E-state index contributed by atoms with van der Waals surface area (Å²) in [5.41, 5.74) is 5.66. The summed E-state index contributed by atoms with van der Waals surface area (Å²) in [6.45, 7) is 4.92. The number of hydrogen-bond acceptors (Lipinski definition) is 4. The van der Waals surface area contributed by atoms with Gasteiger partial charge in [0.05, 0.1) is 0 Å². The van der Waals surface area contributed by atoms with Gasteiger partial charge in [-0.1, -0.05) is 6.07 Å². The zero-order chi connectivity index (χ0) is 20.0. The Kier molecular flexibility index (Phi) is 4.23. The second kappa shape index (κ2) is 6.92. The van der Waals surface area contributed by atoms with Crippen molar-refractivity contribution in [1.82, 2.24) is 14.3 Å². The molecular weight excluding hydrogens is 366 g/mol. The van der Waals surface area contributed by atoms with Crippen LogP contribution in [0.25, 0.3) is 5.65 Å². The Hall–Kier alpha value is -3.35. The van der Waals surface area contributed by atoms with Gasteiger partial charge >= 0.3 is 0 Å². The Balaban J connectivity index is 1.27. The van der Waals surface area contributed by atoms with Crippen LogP contribution in [0.15, 0.2) is 42.7 Å². The van der Waals surface area contributed by atoms with Crippen molar-refractivity contribution in [3.63, 3.8) is 0 Å². The van der Waals surface area contributed by atoms with Gasteiger partial charge in [0.2, 0.25) is 5.91 Å². The van der Waals surface area contributed by atoms with Crippen LogP contribution in [0.2, 0.25) is 0 Å². The highest BCUT2D eigenvalue weighted by molar-refractivity contribution is 5.94. The molecule has 0 atom stereocenters. The smallest absolute Gasteiger partial charge is 0.274 e. The predicted octanol–water partition coefficient (Wildman–Crippen LogP) is 2.49. The average molecular weight is 389 g/mol. The predicted molar refractivity (Wildman–Crippen MR) is 111 cm³/mol. The number of benzene rings is 1. The molecule has 2 aliphatic rings. The molecule has 1 N–H and O–H groups in total. The third kappa shape index (κ3) is 3.33.